The van der Waals surface area contributed by atoms with Gasteiger partial charge in [0.2, 0.25) is 0 Å². The fourth-order valence-corrected chi connectivity index (χ4v) is 2.22. The van der Waals surface area contributed by atoms with Gasteiger partial charge in [0.25, 0.3) is 5.91 Å². The van der Waals surface area contributed by atoms with Crippen LogP contribution in [0.2, 0.25) is 0 Å². The minimum absolute atomic E-state index is 0.263. The third kappa shape index (κ3) is 6.37. The zero-order valence-electron chi connectivity index (χ0n) is 14.0. The first-order valence-electron chi connectivity index (χ1n) is 7.77. The predicted molar refractivity (Wildman–Crippen MR) is 89.3 cm³/mol. The maximum Gasteiger partial charge on any atom is 0.406 e. The average molecular weight is 373 g/mol. The number of hydrogen-bond donors (Lipinski definition) is 0. The quantitative estimate of drug-likeness (QED) is 0.778. The maximum absolute atomic E-state index is 12.8. The Morgan fingerprint density at radius 3 is 1.96 bits per heavy atom. The summed E-state index contributed by atoms with van der Waals surface area (Å²) in [4.78, 5) is 12.9. The van der Waals surface area contributed by atoms with Crippen LogP contribution in [0.5, 0.6) is 5.75 Å². The molecule has 1 amide bonds. The van der Waals surface area contributed by atoms with E-state index in [4.69, 9.17) is 15.3 Å². The fraction of sp³-hybridized carbons (Fsp3) is 0.211. The summed E-state index contributed by atoms with van der Waals surface area (Å²) in [6, 6.07) is 15.6. The summed E-state index contributed by atoms with van der Waals surface area (Å²) in [7, 11) is 0. The monoisotopic (exact) mass is 373 g/mol. The smallest absolute Gasteiger partial charge is 0.406 e. The number of hydrogen-bond acceptors (Lipinski definition) is 4. The highest BCUT2D eigenvalue weighted by atomic mass is 19.4. The van der Waals surface area contributed by atoms with E-state index in [0.29, 0.717) is 21.6 Å². The van der Waals surface area contributed by atoms with Gasteiger partial charge in [0.15, 0.2) is 6.61 Å². The van der Waals surface area contributed by atoms with Crippen molar-refractivity contribution in [1.29, 1.82) is 10.5 Å². The molecule has 8 heteroatoms. The van der Waals surface area contributed by atoms with Gasteiger partial charge in [0, 0.05) is 6.54 Å². The minimum atomic E-state index is -4.56. The molecule has 0 spiro atoms. The van der Waals surface area contributed by atoms with Crippen LogP contribution in [-0.4, -0.2) is 30.1 Å². The standard InChI is InChI=1S/C19H14F3N3O2/c20-19(21,22)13-25(11-16-3-1-14(9-23)2-4-16)18(26)12-27-17-7-5-15(10-24)6-8-17/h1-8H,11-13H2. The Balaban J connectivity index is 2.05. The Hall–Kier alpha value is -3.52. The van der Waals surface area contributed by atoms with Crippen LogP contribution >= 0.6 is 0 Å². The third-order valence-electron chi connectivity index (χ3n) is 3.53. The van der Waals surface area contributed by atoms with Crippen LogP contribution in [0.25, 0.3) is 0 Å². The van der Waals surface area contributed by atoms with E-state index in [2.05, 4.69) is 0 Å². The molecule has 2 aromatic rings. The van der Waals surface area contributed by atoms with Crippen molar-refractivity contribution in [2.45, 2.75) is 12.7 Å². The van der Waals surface area contributed by atoms with Gasteiger partial charge in [-0.2, -0.15) is 23.7 Å². The number of halogens is 3. The topological polar surface area (TPSA) is 77.1 Å². The molecule has 0 fully saturated rings. The lowest BCUT2D eigenvalue weighted by Crippen LogP contribution is -2.41. The van der Waals surface area contributed by atoms with Gasteiger partial charge in [-0.15, -0.1) is 0 Å². The fourth-order valence-electron chi connectivity index (χ4n) is 2.22. The molecule has 5 nitrogen and oxygen atoms in total. The lowest BCUT2D eigenvalue weighted by Gasteiger charge is -2.24. The Morgan fingerprint density at radius 1 is 0.963 bits per heavy atom. The van der Waals surface area contributed by atoms with Crippen LogP contribution < -0.4 is 4.74 Å². The first-order chi connectivity index (χ1) is 12.8. The van der Waals surface area contributed by atoms with Crippen LogP contribution in [0.4, 0.5) is 13.2 Å². The van der Waals surface area contributed by atoms with Gasteiger partial charge in [0.1, 0.15) is 12.3 Å². The second-order valence-electron chi connectivity index (χ2n) is 5.60. The molecule has 0 radical (unpaired) electrons. The summed E-state index contributed by atoms with van der Waals surface area (Å²) >= 11 is 0. The van der Waals surface area contributed by atoms with Crippen molar-refractivity contribution in [3.8, 4) is 17.9 Å². The summed E-state index contributed by atoms with van der Waals surface area (Å²) in [5.74, 6) is -0.561. The first kappa shape index (κ1) is 19.8. The van der Waals surface area contributed by atoms with E-state index in [0.717, 1.165) is 0 Å². The first-order valence-corrected chi connectivity index (χ1v) is 7.77. The summed E-state index contributed by atoms with van der Waals surface area (Å²) in [6.45, 7) is -2.25. The Kier molecular flexibility index (Phi) is 6.40. The summed E-state index contributed by atoms with van der Waals surface area (Å²) in [5.41, 5.74) is 1.23. The Labute approximate surface area is 153 Å². The van der Waals surface area contributed by atoms with Crippen molar-refractivity contribution in [1.82, 2.24) is 4.90 Å². The molecule has 0 heterocycles. The molecular formula is C19H14F3N3O2. The van der Waals surface area contributed by atoms with Crippen LogP contribution in [0, 0.1) is 22.7 Å². The van der Waals surface area contributed by atoms with Gasteiger partial charge < -0.3 is 9.64 Å². The van der Waals surface area contributed by atoms with E-state index in [9.17, 15) is 18.0 Å². The Bertz CT molecular complexity index is 864. The molecule has 0 aliphatic carbocycles. The number of alkyl halides is 3. The normalized spacial score (nSPS) is 10.6. The zero-order chi connectivity index (χ0) is 19.9. The van der Waals surface area contributed by atoms with Gasteiger partial charge in [-0.05, 0) is 42.0 Å². The average Bonchev–Trinajstić information content (AvgIpc) is 2.65. The van der Waals surface area contributed by atoms with Crippen LogP contribution in [0.15, 0.2) is 48.5 Å². The van der Waals surface area contributed by atoms with Crippen LogP contribution in [0.1, 0.15) is 16.7 Å². The van der Waals surface area contributed by atoms with E-state index in [1.807, 2.05) is 12.1 Å². The second-order valence-corrected chi connectivity index (χ2v) is 5.60. The van der Waals surface area contributed by atoms with Crippen LogP contribution in [-0.2, 0) is 11.3 Å². The molecule has 0 saturated heterocycles. The minimum Gasteiger partial charge on any atom is -0.484 e. The van der Waals surface area contributed by atoms with Gasteiger partial charge >= 0.3 is 6.18 Å². The van der Waals surface area contributed by atoms with E-state index >= 15 is 0 Å². The molecular weight excluding hydrogens is 359 g/mol. The largest absolute Gasteiger partial charge is 0.484 e. The number of carbonyl (C=O) groups is 1. The van der Waals surface area contributed by atoms with Crippen molar-refractivity contribution in [2.75, 3.05) is 13.2 Å². The van der Waals surface area contributed by atoms with Crippen molar-refractivity contribution >= 4 is 5.91 Å². The van der Waals surface area contributed by atoms with E-state index in [-0.39, 0.29) is 12.3 Å². The molecule has 0 aliphatic rings. The second kappa shape index (κ2) is 8.72. The molecule has 0 saturated carbocycles. The SMILES string of the molecule is N#Cc1ccc(CN(CC(F)(F)F)C(=O)COc2ccc(C#N)cc2)cc1. The van der Waals surface area contributed by atoms with Gasteiger partial charge in [-0.25, -0.2) is 0 Å². The van der Waals surface area contributed by atoms with E-state index in [1.165, 1.54) is 48.5 Å². The molecule has 27 heavy (non-hydrogen) atoms. The highest BCUT2D eigenvalue weighted by Crippen LogP contribution is 2.19. The number of nitrogens with zero attached hydrogens (tertiary/aromatic N) is 3. The molecule has 2 aromatic carbocycles. The number of amides is 1. The predicted octanol–water partition coefficient (Wildman–Crippen LogP) is 3.40. The molecule has 0 bridgehead atoms. The third-order valence-corrected chi connectivity index (χ3v) is 3.53. The number of nitriles is 2. The van der Waals surface area contributed by atoms with Crippen molar-refractivity contribution in [3.05, 3.63) is 65.2 Å². The zero-order valence-corrected chi connectivity index (χ0v) is 14.0. The highest BCUT2D eigenvalue weighted by Gasteiger charge is 2.33. The summed E-state index contributed by atoms with van der Waals surface area (Å²) in [5, 5.41) is 17.5. The number of benzene rings is 2. The molecule has 0 aliphatic heterocycles. The van der Waals surface area contributed by atoms with E-state index < -0.39 is 25.2 Å². The van der Waals surface area contributed by atoms with Crippen molar-refractivity contribution in [2.24, 2.45) is 0 Å². The van der Waals surface area contributed by atoms with Gasteiger partial charge in [0.05, 0.1) is 23.3 Å². The van der Waals surface area contributed by atoms with Crippen molar-refractivity contribution in [3.63, 3.8) is 0 Å². The molecule has 0 unspecified atom stereocenters. The Morgan fingerprint density at radius 2 is 1.48 bits per heavy atom. The molecule has 2 rings (SSSR count). The lowest BCUT2D eigenvalue weighted by atomic mass is 10.1. The highest BCUT2D eigenvalue weighted by molar-refractivity contribution is 5.77. The number of carbonyl (C=O) groups excluding carboxylic acids is 1. The number of rotatable bonds is 6. The van der Waals surface area contributed by atoms with Gasteiger partial charge in [-0.3, -0.25) is 4.79 Å². The van der Waals surface area contributed by atoms with E-state index in [1.54, 1.807) is 0 Å². The lowest BCUT2D eigenvalue weighted by molar-refractivity contribution is -0.163. The molecule has 0 N–H and O–H groups in total. The summed E-state index contributed by atoms with van der Waals surface area (Å²) < 4.78 is 43.7. The molecule has 0 atom stereocenters. The van der Waals surface area contributed by atoms with Crippen molar-refractivity contribution < 1.29 is 22.7 Å². The van der Waals surface area contributed by atoms with Gasteiger partial charge in [-0.1, -0.05) is 12.1 Å². The number of ether oxygens (including phenoxy) is 1. The summed E-state index contributed by atoms with van der Waals surface area (Å²) in [6.07, 6.45) is -4.56. The molecule has 0 aromatic heterocycles. The van der Waals surface area contributed by atoms with Crippen LogP contribution in [0.3, 0.4) is 0 Å². The molecule has 138 valence electrons. The maximum atomic E-state index is 12.8.